The van der Waals surface area contributed by atoms with Gasteiger partial charge in [0.1, 0.15) is 5.82 Å². The molecule has 2 aromatic rings. The molecule has 0 radical (unpaired) electrons. The molecule has 2 aromatic carbocycles. The Morgan fingerprint density at radius 2 is 1.77 bits per heavy atom. The molecule has 0 aliphatic carbocycles. The smallest absolute Gasteiger partial charge is 0.234 e. The summed E-state index contributed by atoms with van der Waals surface area (Å²) in [5, 5.41) is 10.00. The molecule has 30 heavy (non-hydrogen) atoms. The highest BCUT2D eigenvalue weighted by atomic mass is 32.2. The van der Waals surface area contributed by atoms with Crippen LogP contribution in [0.5, 0.6) is 0 Å². The summed E-state index contributed by atoms with van der Waals surface area (Å²) in [6.07, 6.45) is 3.89. The van der Waals surface area contributed by atoms with Crippen LogP contribution in [-0.4, -0.2) is 61.4 Å². The van der Waals surface area contributed by atoms with Gasteiger partial charge in [0, 0.05) is 37.6 Å². The quantitative estimate of drug-likeness (QED) is 0.577. The molecule has 2 heterocycles. The van der Waals surface area contributed by atoms with Crippen molar-refractivity contribution in [3.8, 4) is 11.1 Å². The first-order valence-corrected chi connectivity index (χ1v) is 11.2. The van der Waals surface area contributed by atoms with Crippen LogP contribution in [0.2, 0.25) is 0 Å². The number of fused-ring (bicyclic) bond motifs is 1. The summed E-state index contributed by atoms with van der Waals surface area (Å²) in [5.41, 5.74) is 4.72. The summed E-state index contributed by atoms with van der Waals surface area (Å²) < 4.78 is 36.6. The molecule has 0 bridgehead atoms. The minimum absolute atomic E-state index is 0.0209. The van der Waals surface area contributed by atoms with Crippen LogP contribution in [0, 0.1) is 19.7 Å². The van der Waals surface area contributed by atoms with Gasteiger partial charge in [-0.2, -0.15) is 4.31 Å². The van der Waals surface area contributed by atoms with Gasteiger partial charge < -0.3 is 5.11 Å². The van der Waals surface area contributed by atoms with Crippen molar-refractivity contribution in [3.05, 3.63) is 71.1 Å². The first-order chi connectivity index (χ1) is 14.4. The number of hydrogen-bond donors (Lipinski definition) is 2. The molecule has 0 amide bonds. The third kappa shape index (κ3) is 3.76. The van der Waals surface area contributed by atoms with E-state index >= 15 is 0 Å². The zero-order valence-corrected chi connectivity index (χ0v) is 18.0. The van der Waals surface area contributed by atoms with E-state index in [2.05, 4.69) is 17.0 Å². The van der Waals surface area contributed by atoms with Crippen LogP contribution in [0.1, 0.15) is 22.6 Å². The standard InChI is InChI=1S/C23H27FN2O3S/c1-15-16(2)20(24)10-9-19(15)17-5-7-18(8-6-17)23-21-13-25(30(28)29)11-3-4-12-26(21)22(23)14-27/h3-10,21-23,27H,11-14H2,1-2H3,(H,28,29)/b4-3-/t21-,22?,23?/m0/s1. The fourth-order valence-corrected chi connectivity index (χ4v) is 5.24. The molecule has 4 rings (SSSR count). The van der Waals surface area contributed by atoms with Crippen LogP contribution in [0.4, 0.5) is 4.39 Å². The summed E-state index contributed by atoms with van der Waals surface area (Å²) in [5.74, 6) is -0.116. The van der Waals surface area contributed by atoms with Gasteiger partial charge in [0.2, 0.25) is 11.3 Å². The van der Waals surface area contributed by atoms with Crippen molar-refractivity contribution in [2.45, 2.75) is 31.8 Å². The van der Waals surface area contributed by atoms with Gasteiger partial charge in [-0.25, -0.2) is 8.60 Å². The van der Waals surface area contributed by atoms with E-state index in [9.17, 15) is 18.3 Å². The van der Waals surface area contributed by atoms with Gasteiger partial charge in [-0.15, -0.1) is 0 Å². The molecule has 0 spiro atoms. The molecule has 1 saturated heterocycles. The molecule has 0 aromatic heterocycles. The molecule has 7 heteroatoms. The SMILES string of the molecule is Cc1c(F)ccc(-c2ccc(C3C(CO)N4C/C=C\CN(S(=O)O)C[C@@H]34)cc2)c1C. The molecule has 3 unspecified atom stereocenters. The zero-order valence-electron chi connectivity index (χ0n) is 17.2. The maximum absolute atomic E-state index is 13.8. The van der Waals surface area contributed by atoms with Crippen molar-refractivity contribution in [3.63, 3.8) is 0 Å². The Kier molecular flexibility index (Phi) is 6.18. The molecule has 5 nitrogen and oxygen atoms in total. The minimum Gasteiger partial charge on any atom is -0.395 e. The Labute approximate surface area is 179 Å². The second-order valence-electron chi connectivity index (χ2n) is 8.06. The van der Waals surface area contributed by atoms with Crippen molar-refractivity contribution in [1.82, 2.24) is 9.21 Å². The number of benzene rings is 2. The van der Waals surface area contributed by atoms with E-state index in [-0.39, 0.29) is 30.4 Å². The van der Waals surface area contributed by atoms with E-state index in [1.165, 1.54) is 10.4 Å². The third-order valence-corrected chi connectivity index (χ3v) is 7.34. The van der Waals surface area contributed by atoms with Crippen molar-refractivity contribution in [2.75, 3.05) is 26.2 Å². The lowest BCUT2D eigenvalue weighted by Gasteiger charge is -2.56. The van der Waals surface area contributed by atoms with Crippen LogP contribution >= 0.6 is 0 Å². The predicted molar refractivity (Wildman–Crippen MR) is 117 cm³/mol. The number of nitrogens with zero attached hydrogens (tertiary/aromatic N) is 2. The first kappa shape index (κ1) is 21.3. The van der Waals surface area contributed by atoms with Gasteiger partial charge in [0.15, 0.2) is 0 Å². The van der Waals surface area contributed by atoms with Gasteiger partial charge >= 0.3 is 0 Å². The number of rotatable bonds is 4. The molecule has 160 valence electrons. The summed E-state index contributed by atoms with van der Waals surface area (Å²) >= 11 is -2.03. The summed E-state index contributed by atoms with van der Waals surface area (Å²) in [6, 6.07) is 11.6. The molecule has 4 atom stereocenters. The topological polar surface area (TPSA) is 64.0 Å². The normalized spacial score (nSPS) is 26.9. The van der Waals surface area contributed by atoms with Crippen molar-refractivity contribution in [1.29, 1.82) is 0 Å². The van der Waals surface area contributed by atoms with E-state index in [1.807, 2.05) is 37.3 Å². The van der Waals surface area contributed by atoms with Crippen molar-refractivity contribution in [2.24, 2.45) is 0 Å². The Morgan fingerprint density at radius 3 is 2.43 bits per heavy atom. The van der Waals surface area contributed by atoms with Gasteiger partial charge in [0.25, 0.3) is 0 Å². The van der Waals surface area contributed by atoms with E-state index < -0.39 is 11.3 Å². The highest BCUT2D eigenvalue weighted by Crippen LogP contribution is 2.42. The lowest BCUT2D eigenvalue weighted by molar-refractivity contribution is -0.0415. The van der Waals surface area contributed by atoms with Gasteiger partial charge in [-0.05, 0) is 47.7 Å². The average molecular weight is 431 g/mol. The van der Waals surface area contributed by atoms with E-state index in [4.69, 9.17) is 0 Å². The van der Waals surface area contributed by atoms with Gasteiger partial charge in [-0.3, -0.25) is 9.45 Å². The zero-order chi connectivity index (χ0) is 21.4. The fraction of sp³-hybridized carbons (Fsp3) is 0.391. The van der Waals surface area contributed by atoms with Crippen molar-refractivity contribution >= 4 is 11.3 Å². The van der Waals surface area contributed by atoms with Crippen LogP contribution in [0.3, 0.4) is 0 Å². The van der Waals surface area contributed by atoms with Crippen LogP contribution < -0.4 is 0 Å². The second kappa shape index (κ2) is 8.69. The highest BCUT2D eigenvalue weighted by Gasteiger charge is 2.49. The van der Waals surface area contributed by atoms with Crippen LogP contribution in [0.25, 0.3) is 11.1 Å². The average Bonchev–Trinajstić information content (AvgIpc) is 2.71. The molecular weight excluding hydrogens is 403 g/mol. The minimum atomic E-state index is -2.03. The lowest BCUT2D eigenvalue weighted by Crippen LogP contribution is -2.67. The van der Waals surface area contributed by atoms with Crippen LogP contribution in [-0.2, 0) is 11.3 Å². The number of aliphatic hydroxyl groups is 1. The summed E-state index contributed by atoms with van der Waals surface area (Å²) in [7, 11) is 0. The molecule has 2 N–H and O–H groups in total. The Morgan fingerprint density at radius 1 is 1.07 bits per heavy atom. The largest absolute Gasteiger partial charge is 0.395 e. The van der Waals surface area contributed by atoms with Gasteiger partial charge in [0.05, 0.1) is 6.61 Å². The Hall–Kier alpha value is -1.90. The monoisotopic (exact) mass is 430 g/mol. The highest BCUT2D eigenvalue weighted by molar-refractivity contribution is 7.76. The van der Waals surface area contributed by atoms with Crippen LogP contribution in [0.15, 0.2) is 48.6 Å². The number of aliphatic hydroxyl groups excluding tert-OH is 1. The Bertz CT molecular complexity index is 979. The van der Waals surface area contributed by atoms with Crippen molar-refractivity contribution < 1.29 is 18.3 Å². The molecule has 2 aliphatic rings. The van der Waals surface area contributed by atoms with E-state index in [1.54, 1.807) is 6.92 Å². The molecular formula is C23H27FN2O3S. The molecule has 0 saturated carbocycles. The fourth-order valence-electron chi connectivity index (χ4n) is 4.75. The van der Waals surface area contributed by atoms with E-state index in [0.717, 1.165) is 28.8 Å². The number of halogens is 1. The summed E-state index contributed by atoms with van der Waals surface area (Å²) in [4.78, 5) is 2.20. The summed E-state index contributed by atoms with van der Waals surface area (Å²) in [6.45, 7) is 5.38. The second-order valence-corrected chi connectivity index (χ2v) is 9.03. The third-order valence-electron chi connectivity index (χ3n) is 6.60. The Balaban J connectivity index is 1.62. The maximum atomic E-state index is 13.8. The maximum Gasteiger partial charge on any atom is 0.234 e. The van der Waals surface area contributed by atoms with E-state index in [0.29, 0.717) is 18.7 Å². The molecule has 2 aliphatic heterocycles. The molecule has 1 fully saturated rings. The lowest BCUT2D eigenvalue weighted by atomic mass is 9.74. The number of hydrogen-bond acceptors (Lipinski definition) is 3. The van der Waals surface area contributed by atoms with Gasteiger partial charge in [-0.1, -0.05) is 42.5 Å². The first-order valence-electron chi connectivity index (χ1n) is 10.2. The predicted octanol–water partition coefficient (Wildman–Crippen LogP) is 3.25.